The van der Waals surface area contributed by atoms with Gasteiger partial charge in [-0.25, -0.2) is 4.79 Å². The van der Waals surface area contributed by atoms with E-state index in [0.717, 1.165) is 16.5 Å². The molecule has 0 radical (unpaired) electrons. The largest absolute Gasteiger partial charge is 0.395 e. The van der Waals surface area contributed by atoms with Crippen molar-refractivity contribution in [2.75, 3.05) is 39.3 Å². The molecule has 2 aromatic carbocycles. The molecule has 4 amide bonds. The Hall–Kier alpha value is -3.85. The molecule has 1 unspecified atom stereocenters. The second kappa shape index (κ2) is 10.8. The van der Waals surface area contributed by atoms with E-state index in [0.29, 0.717) is 38.3 Å². The molecule has 2 heterocycles. The number of carbonyl (C=O) groups excluding carboxylic acids is 3. The average molecular weight is 464 g/mol. The zero-order valence-electron chi connectivity index (χ0n) is 18.9. The zero-order valence-corrected chi connectivity index (χ0v) is 18.9. The maximum atomic E-state index is 12.9. The summed E-state index contributed by atoms with van der Waals surface area (Å²) in [5.74, 6) is -0.444. The molecule has 1 aliphatic heterocycles. The number of benzene rings is 2. The number of aromatic nitrogens is 1. The number of nitrogens with one attached hydrogen (secondary N) is 3. The fourth-order valence-corrected chi connectivity index (χ4v) is 4.07. The Balaban J connectivity index is 1.35. The van der Waals surface area contributed by atoms with Crippen molar-refractivity contribution >= 4 is 28.7 Å². The van der Waals surface area contributed by atoms with Crippen LogP contribution in [0.3, 0.4) is 0 Å². The van der Waals surface area contributed by atoms with E-state index in [-0.39, 0.29) is 31.0 Å². The maximum absolute atomic E-state index is 12.9. The van der Waals surface area contributed by atoms with Crippen LogP contribution < -0.4 is 10.6 Å². The van der Waals surface area contributed by atoms with Gasteiger partial charge in [-0.3, -0.25) is 9.59 Å². The highest BCUT2D eigenvalue weighted by Crippen LogP contribution is 2.17. The van der Waals surface area contributed by atoms with Crippen LogP contribution in [0.25, 0.3) is 10.9 Å². The van der Waals surface area contributed by atoms with Gasteiger partial charge >= 0.3 is 6.03 Å². The van der Waals surface area contributed by atoms with Crippen LogP contribution in [0.5, 0.6) is 0 Å². The zero-order chi connectivity index (χ0) is 23.9. The number of urea groups is 1. The van der Waals surface area contributed by atoms with Crippen LogP contribution in [0, 0.1) is 0 Å². The van der Waals surface area contributed by atoms with Gasteiger partial charge in [-0.05, 0) is 17.7 Å². The molecule has 1 saturated heterocycles. The monoisotopic (exact) mass is 463 g/mol. The molecule has 34 heavy (non-hydrogen) atoms. The number of piperazine rings is 1. The number of fused-ring (bicyclic) bond motifs is 1. The van der Waals surface area contributed by atoms with Crippen LogP contribution in [0.15, 0.2) is 60.7 Å². The molecular weight excluding hydrogens is 434 g/mol. The van der Waals surface area contributed by atoms with Crippen LogP contribution in [0.2, 0.25) is 0 Å². The Labute approximate surface area is 197 Å². The van der Waals surface area contributed by atoms with Gasteiger partial charge in [0.2, 0.25) is 5.91 Å². The average Bonchev–Trinajstić information content (AvgIpc) is 3.31. The number of aliphatic hydroxyl groups is 1. The van der Waals surface area contributed by atoms with Gasteiger partial charge in [0.25, 0.3) is 5.91 Å². The van der Waals surface area contributed by atoms with E-state index in [2.05, 4.69) is 15.6 Å². The number of aliphatic hydroxyl groups excluding tert-OH is 1. The number of hydrogen-bond donors (Lipinski definition) is 4. The van der Waals surface area contributed by atoms with Crippen molar-refractivity contribution in [3.63, 3.8) is 0 Å². The molecule has 1 fully saturated rings. The van der Waals surface area contributed by atoms with Gasteiger partial charge < -0.3 is 30.5 Å². The highest BCUT2D eigenvalue weighted by molar-refractivity contribution is 5.98. The van der Waals surface area contributed by atoms with Crippen molar-refractivity contribution in [3.05, 3.63) is 71.9 Å². The first-order chi connectivity index (χ1) is 16.5. The van der Waals surface area contributed by atoms with Crippen LogP contribution in [-0.2, 0) is 11.2 Å². The van der Waals surface area contributed by atoms with Crippen LogP contribution in [0.1, 0.15) is 16.1 Å². The van der Waals surface area contributed by atoms with Crippen molar-refractivity contribution in [2.45, 2.75) is 12.5 Å². The lowest BCUT2D eigenvalue weighted by Gasteiger charge is -2.35. The van der Waals surface area contributed by atoms with Gasteiger partial charge in [-0.15, -0.1) is 0 Å². The summed E-state index contributed by atoms with van der Waals surface area (Å²) in [6, 6.07) is 17.9. The van der Waals surface area contributed by atoms with Crippen molar-refractivity contribution in [2.24, 2.45) is 0 Å². The summed E-state index contributed by atoms with van der Waals surface area (Å²) >= 11 is 0. The standard InChI is InChI=1S/C25H29N5O4/c31-15-10-26-23(32)21(16-18-6-2-1-3-7-18)28-25(34)30-13-11-29(12-14-30)24(33)22-17-19-8-4-5-9-20(19)27-22/h1-9,17,21,27,31H,10-16H2,(H,26,32)(H,28,34). The van der Waals surface area contributed by atoms with Crippen molar-refractivity contribution in [3.8, 4) is 0 Å². The van der Waals surface area contributed by atoms with E-state index < -0.39 is 6.04 Å². The minimum atomic E-state index is -0.771. The highest BCUT2D eigenvalue weighted by atomic mass is 16.3. The van der Waals surface area contributed by atoms with Crippen LogP contribution in [-0.4, -0.2) is 83.1 Å². The molecule has 0 saturated carbocycles. The molecule has 9 nitrogen and oxygen atoms in total. The van der Waals surface area contributed by atoms with Gasteiger partial charge in [0.1, 0.15) is 11.7 Å². The van der Waals surface area contributed by atoms with E-state index in [1.807, 2.05) is 60.7 Å². The first kappa shape index (κ1) is 23.3. The third-order valence-electron chi connectivity index (χ3n) is 5.92. The summed E-state index contributed by atoms with van der Waals surface area (Å²) in [4.78, 5) is 44.9. The summed E-state index contributed by atoms with van der Waals surface area (Å²) in [5, 5.41) is 15.5. The molecule has 4 N–H and O–H groups in total. The van der Waals surface area contributed by atoms with E-state index in [9.17, 15) is 14.4 Å². The smallest absolute Gasteiger partial charge is 0.318 e. The highest BCUT2D eigenvalue weighted by Gasteiger charge is 2.28. The third-order valence-corrected chi connectivity index (χ3v) is 5.92. The number of carbonyl (C=O) groups is 3. The van der Waals surface area contributed by atoms with Gasteiger partial charge in [-0.2, -0.15) is 0 Å². The minimum absolute atomic E-state index is 0.0957. The number of aromatic amines is 1. The number of H-pyrrole nitrogens is 1. The lowest BCUT2D eigenvalue weighted by molar-refractivity contribution is -0.123. The molecule has 3 aromatic rings. The lowest BCUT2D eigenvalue weighted by atomic mass is 10.1. The van der Waals surface area contributed by atoms with E-state index in [1.165, 1.54) is 0 Å². The van der Waals surface area contributed by atoms with E-state index >= 15 is 0 Å². The fourth-order valence-electron chi connectivity index (χ4n) is 4.07. The maximum Gasteiger partial charge on any atom is 0.318 e. The SMILES string of the molecule is O=C(NCCO)C(Cc1ccccc1)NC(=O)N1CCN(C(=O)c2cc3ccccc3[nH]2)CC1. The Kier molecular flexibility index (Phi) is 7.44. The predicted octanol–water partition coefficient (Wildman–Crippen LogP) is 1.36. The van der Waals surface area contributed by atoms with Crippen molar-refractivity contribution < 1.29 is 19.5 Å². The molecule has 0 aliphatic carbocycles. The molecule has 1 aromatic heterocycles. The quantitative estimate of drug-likeness (QED) is 0.423. The number of hydrogen-bond acceptors (Lipinski definition) is 4. The van der Waals surface area contributed by atoms with Gasteiger partial charge in [0, 0.05) is 50.0 Å². The molecule has 1 aliphatic rings. The molecule has 0 spiro atoms. The first-order valence-electron chi connectivity index (χ1n) is 11.4. The molecule has 178 valence electrons. The van der Waals surface area contributed by atoms with Gasteiger partial charge in [0.05, 0.1) is 6.61 Å². The number of para-hydroxylation sites is 1. The predicted molar refractivity (Wildman–Crippen MR) is 128 cm³/mol. The lowest BCUT2D eigenvalue weighted by Crippen LogP contribution is -2.57. The Morgan fingerprint density at radius 2 is 1.62 bits per heavy atom. The summed E-state index contributed by atoms with van der Waals surface area (Å²) in [6.07, 6.45) is 0.336. The Bertz CT molecular complexity index is 1110. The topological polar surface area (TPSA) is 118 Å². The summed E-state index contributed by atoms with van der Waals surface area (Å²) in [5.41, 5.74) is 2.36. The summed E-state index contributed by atoms with van der Waals surface area (Å²) < 4.78 is 0. The molecular formula is C25H29N5O4. The van der Waals surface area contributed by atoms with Gasteiger partial charge in [-0.1, -0.05) is 48.5 Å². The fraction of sp³-hybridized carbons (Fsp3) is 0.320. The Morgan fingerprint density at radius 3 is 2.32 bits per heavy atom. The minimum Gasteiger partial charge on any atom is -0.395 e. The molecule has 1 atom stereocenters. The second-order valence-corrected chi connectivity index (χ2v) is 8.26. The van der Waals surface area contributed by atoms with Gasteiger partial charge in [0.15, 0.2) is 0 Å². The van der Waals surface area contributed by atoms with Crippen molar-refractivity contribution in [1.82, 2.24) is 25.4 Å². The first-order valence-corrected chi connectivity index (χ1v) is 11.4. The number of rotatable bonds is 7. The van der Waals surface area contributed by atoms with E-state index in [4.69, 9.17) is 5.11 Å². The molecule has 0 bridgehead atoms. The molecule has 9 heteroatoms. The number of nitrogens with zero attached hydrogens (tertiary/aromatic N) is 2. The number of amides is 4. The summed E-state index contributed by atoms with van der Waals surface area (Å²) in [7, 11) is 0. The molecule has 4 rings (SSSR count). The Morgan fingerprint density at radius 1 is 0.941 bits per heavy atom. The third kappa shape index (κ3) is 5.55. The normalized spacial score (nSPS) is 14.6. The van der Waals surface area contributed by atoms with Crippen molar-refractivity contribution in [1.29, 1.82) is 0 Å². The van der Waals surface area contributed by atoms with E-state index in [1.54, 1.807) is 9.80 Å². The second-order valence-electron chi connectivity index (χ2n) is 8.26. The summed E-state index contributed by atoms with van der Waals surface area (Å²) in [6.45, 7) is 1.49. The van der Waals surface area contributed by atoms with Crippen LogP contribution >= 0.6 is 0 Å². The van der Waals surface area contributed by atoms with Crippen LogP contribution in [0.4, 0.5) is 4.79 Å².